The molecule has 0 atom stereocenters. The van der Waals surface area contributed by atoms with Crippen molar-refractivity contribution in [2.24, 2.45) is 0 Å². The molecule has 0 aliphatic heterocycles. The van der Waals surface area contributed by atoms with E-state index >= 15 is 0 Å². The molecule has 1 fully saturated rings. The second-order valence-electron chi connectivity index (χ2n) is 5.95. The quantitative estimate of drug-likeness (QED) is 0.731. The van der Waals surface area contributed by atoms with Gasteiger partial charge in [-0.05, 0) is 44.1 Å². The first-order valence-corrected chi connectivity index (χ1v) is 9.53. The van der Waals surface area contributed by atoms with Crippen LogP contribution in [0.4, 0.5) is 0 Å². The first-order chi connectivity index (χ1) is 9.92. The fourth-order valence-electron chi connectivity index (χ4n) is 3.49. The van der Waals surface area contributed by atoms with Crippen LogP contribution in [0.25, 0.3) is 10.2 Å². The van der Waals surface area contributed by atoms with Crippen LogP contribution in [0.5, 0.6) is 0 Å². The average Bonchev–Trinajstić information content (AvgIpc) is 2.88. The Morgan fingerprint density at radius 3 is 2.75 bits per heavy atom. The third kappa shape index (κ3) is 2.37. The Morgan fingerprint density at radius 1 is 1.00 bits per heavy atom. The van der Waals surface area contributed by atoms with Gasteiger partial charge in [0.05, 0.1) is 0 Å². The molecule has 2 aliphatic rings. The van der Waals surface area contributed by atoms with Crippen molar-refractivity contribution in [3.8, 4) is 0 Å². The van der Waals surface area contributed by atoms with Gasteiger partial charge in [-0.1, -0.05) is 19.3 Å². The summed E-state index contributed by atoms with van der Waals surface area (Å²) >= 11 is 3.94. The fraction of sp³-hybridized carbons (Fsp3) is 0.625. The van der Waals surface area contributed by atoms with E-state index in [2.05, 4.69) is 9.97 Å². The zero-order valence-corrected chi connectivity index (χ0v) is 13.4. The van der Waals surface area contributed by atoms with Crippen molar-refractivity contribution in [1.82, 2.24) is 9.97 Å². The Labute approximate surface area is 128 Å². The van der Waals surface area contributed by atoms with Gasteiger partial charge in [-0.15, -0.1) is 23.1 Å². The van der Waals surface area contributed by atoms with Crippen LogP contribution in [0.1, 0.15) is 55.4 Å². The van der Waals surface area contributed by atoms with Gasteiger partial charge >= 0.3 is 0 Å². The van der Waals surface area contributed by atoms with Crippen LogP contribution in [0.3, 0.4) is 0 Å². The van der Waals surface area contributed by atoms with Gasteiger partial charge in [0.1, 0.15) is 16.2 Å². The standard InChI is InChI=1S/C16H20N2S2/c1-2-6-11(7-3-1)19-15-14-12-8-4-5-9-13(12)20-16(14)18-10-17-15/h10-11H,1-9H2. The molecule has 0 radical (unpaired) electrons. The molecule has 106 valence electrons. The minimum atomic E-state index is 0.779. The summed E-state index contributed by atoms with van der Waals surface area (Å²) < 4.78 is 0. The molecule has 2 aliphatic carbocycles. The topological polar surface area (TPSA) is 25.8 Å². The van der Waals surface area contributed by atoms with Crippen LogP contribution < -0.4 is 0 Å². The summed E-state index contributed by atoms with van der Waals surface area (Å²) in [5.41, 5.74) is 1.58. The van der Waals surface area contributed by atoms with E-state index in [1.807, 2.05) is 23.1 Å². The molecule has 0 unspecified atom stereocenters. The highest BCUT2D eigenvalue weighted by molar-refractivity contribution is 8.00. The van der Waals surface area contributed by atoms with Crippen LogP contribution in [-0.2, 0) is 12.8 Å². The largest absolute Gasteiger partial charge is 0.229 e. The zero-order chi connectivity index (χ0) is 13.4. The molecule has 2 heterocycles. The number of thioether (sulfide) groups is 1. The molecule has 0 amide bonds. The van der Waals surface area contributed by atoms with Crippen LogP contribution in [0.2, 0.25) is 0 Å². The predicted molar refractivity (Wildman–Crippen MR) is 86.8 cm³/mol. The molecule has 0 aromatic carbocycles. The highest BCUT2D eigenvalue weighted by Crippen LogP contribution is 2.42. The molecule has 0 bridgehead atoms. The van der Waals surface area contributed by atoms with Crippen molar-refractivity contribution >= 4 is 33.3 Å². The average molecular weight is 304 g/mol. The number of nitrogens with zero attached hydrogens (tertiary/aromatic N) is 2. The molecule has 0 spiro atoms. The van der Waals surface area contributed by atoms with Gasteiger partial charge in [0.2, 0.25) is 0 Å². The Morgan fingerprint density at radius 2 is 1.85 bits per heavy atom. The molecule has 1 saturated carbocycles. The van der Waals surface area contributed by atoms with Gasteiger partial charge in [-0.2, -0.15) is 0 Å². The first kappa shape index (κ1) is 13.1. The maximum atomic E-state index is 4.64. The van der Waals surface area contributed by atoms with Crippen molar-refractivity contribution in [3.05, 3.63) is 16.8 Å². The smallest absolute Gasteiger partial charge is 0.128 e. The second-order valence-corrected chi connectivity index (χ2v) is 8.32. The SMILES string of the molecule is c1nc(SC2CCCCC2)c2c3c(sc2n1)CCCC3. The Hall–Kier alpha value is -0.610. The lowest BCUT2D eigenvalue weighted by molar-refractivity contribution is 0.516. The summed E-state index contributed by atoms with van der Waals surface area (Å²) in [5, 5.41) is 3.45. The summed E-state index contributed by atoms with van der Waals surface area (Å²) in [5.74, 6) is 0. The minimum absolute atomic E-state index is 0.779. The van der Waals surface area contributed by atoms with E-state index in [-0.39, 0.29) is 0 Å². The Bertz CT molecular complexity index is 614. The van der Waals surface area contributed by atoms with Crippen molar-refractivity contribution in [2.75, 3.05) is 0 Å². The van der Waals surface area contributed by atoms with E-state index in [0.717, 1.165) is 5.25 Å². The van der Waals surface area contributed by atoms with Gasteiger partial charge in [-0.3, -0.25) is 0 Å². The van der Waals surface area contributed by atoms with Crippen molar-refractivity contribution in [3.63, 3.8) is 0 Å². The third-order valence-electron chi connectivity index (χ3n) is 4.55. The maximum absolute atomic E-state index is 4.64. The monoisotopic (exact) mass is 304 g/mol. The predicted octanol–water partition coefficient (Wildman–Crippen LogP) is 4.99. The van der Waals surface area contributed by atoms with Gasteiger partial charge in [0.15, 0.2) is 0 Å². The lowest BCUT2D eigenvalue weighted by Crippen LogP contribution is -2.08. The summed E-state index contributed by atoms with van der Waals surface area (Å²) in [7, 11) is 0. The lowest BCUT2D eigenvalue weighted by Gasteiger charge is -2.21. The molecule has 2 aromatic heterocycles. The second kappa shape index (κ2) is 5.64. The fourth-order valence-corrected chi connectivity index (χ4v) is 6.12. The first-order valence-electron chi connectivity index (χ1n) is 7.84. The molecular formula is C16H20N2S2. The van der Waals surface area contributed by atoms with Gasteiger partial charge in [0.25, 0.3) is 0 Å². The molecule has 2 aromatic rings. The molecule has 4 heteroatoms. The van der Waals surface area contributed by atoms with Gasteiger partial charge < -0.3 is 0 Å². The van der Waals surface area contributed by atoms with E-state index < -0.39 is 0 Å². The Balaban J connectivity index is 1.72. The number of fused-ring (bicyclic) bond motifs is 3. The number of hydrogen-bond acceptors (Lipinski definition) is 4. The maximum Gasteiger partial charge on any atom is 0.128 e. The van der Waals surface area contributed by atoms with E-state index in [1.165, 1.54) is 73.0 Å². The molecule has 0 saturated heterocycles. The summed E-state index contributed by atoms with van der Waals surface area (Å²) in [6, 6.07) is 0. The van der Waals surface area contributed by atoms with Crippen LogP contribution in [0, 0.1) is 0 Å². The third-order valence-corrected chi connectivity index (χ3v) is 7.08. The minimum Gasteiger partial charge on any atom is -0.229 e. The van der Waals surface area contributed by atoms with Crippen LogP contribution >= 0.6 is 23.1 Å². The lowest BCUT2D eigenvalue weighted by atomic mass is 9.97. The normalized spacial score (nSPS) is 20.2. The van der Waals surface area contributed by atoms with Crippen molar-refractivity contribution < 1.29 is 0 Å². The van der Waals surface area contributed by atoms with E-state index in [4.69, 9.17) is 0 Å². The van der Waals surface area contributed by atoms with E-state index in [1.54, 1.807) is 16.8 Å². The zero-order valence-electron chi connectivity index (χ0n) is 11.7. The van der Waals surface area contributed by atoms with Crippen LogP contribution in [0.15, 0.2) is 11.4 Å². The van der Waals surface area contributed by atoms with Gasteiger partial charge in [-0.25, -0.2) is 9.97 Å². The number of rotatable bonds is 2. The number of hydrogen-bond donors (Lipinski definition) is 0. The number of aryl methyl sites for hydroxylation is 2. The highest BCUT2D eigenvalue weighted by Gasteiger charge is 2.22. The summed E-state index contributed by atoms with van der Waals surface area (Å²) in [4.78, 5) is 12.0. The Kier molecular flexibility index (Phi) is 3.69. The highest BCUT2D eigenvalue weighted by atomic mass is 32.2. The van der Waals surface area contributed by atoms with Gasteiger partial charge in [0, 0.05) is 15.5 Å². The summed E-state index contributed by atoms with van der Waals surface area (Å²) in [6.07, 6.45) is 13.9. The molecule has 4 rings (SSSR count). The van der Waals surface area contributed by atoms with Crippen molar-refractivity contribution in [1.29, 1.82) is 0 Å². The summed E-state index contributed by atoms with van der Waals surface area (Å²) in [6.45, 7) is 0. The van der Waals surface area contributed by atoms with E-state index in [0.29, 0.717) is 0 Å². The molecule has 2 nitrogen and oxygen atoms in total. The van der Waals surface area contributed by atoms with E-state index in [9.17, 15) is 0 Å². The molecule has 20 heavy (non-hydrogen) atoms. The van der Waals surface area contributed by atoms with Crippen molar-refractivity contribution in [2.45, 2.75) is 68.1 Å². The van der Waals surface area contributed by atoms with Crippen LogP contribution in [-0.4, -0.2) is 15.2 Å². The molecule has 0 N–H and O–H groups in total. The number of aromatic nitrogens is 2. The molecular weight excluding hydrogens is 284 g/mol. The number of thiophene rings is 1.